The summed E-state index contributed by atoms with van der Waals surface area (Å²) in [5, 5.41) is 19.7. The molecule has 1 heterocycles. The van der Waals surface area contributed by atoms with Gasteiger partial charge in [0.25, 0.3) is 0 Å². The van der Waals surface area contributed by atoms with Gasteiger partial charge in [-0.15, -0.1) is 0 Å². The maximum absolute atomic E-state index is 11.6. The molecule has 0 bridgehead atoms. The first-order valence-electron chi connectivity index (χ1n) is 5.12. The Hall–Kier alpha value is -1.34. The number of carbonyl (C=O) groups is 2. The van der Waals surface area contributed by atoms with Gasteiger partial charge in [0.2, 0.25) is 0 Å². The van der Waals surface area contributed by atoms with Gasteiger partial charge in [-0.25, -0.2) is 9.59 Å². The summed E-state index contributed by atoms with van der Waals surface area (Å²) in [5.41, 5.74) is 0. The van der Waals surface area contributed by atoms with Crippen LogP contribution in [0.3, 0.4) is 0 Å². The molecule has 1 aliphatic rings. The highest BCUT2D eigenvalue weighted by molar-refractivity contribution is 5.82. The molecule has 0 saturated carbocycles. The molecule has 0 radical (unpaired) electrons. The smallest absolute Gasteiger partial charge is 0.328 e. The SMILES string of the molecule is O=C(O)[C@@H](CO)NC(=O)N1CCCOCC1. The minimum Gasteiger partial charge on any atom is -0.480 e. The Kier molecular flexibility index (Phi) is 5.00. The lowest BCUT2D eigenvalue weighted by Crippen LogP contribution is -2.50. The molecule has 1 atom stereocenters. The zero-order valence-corrected chi connectivity index (χ0v) is 8.89. The van der Waals surface area contributed by atoms with Gasteiger partial charge >= 0.3 is 12.0 Å². The van der Waals surface area contributed by atoms with E-state index in [0.29, 0.717) is 26.3 Å². The Morgan fingerprint density at radius 3 is 2.75 bits per heavy atom. The highest BCUT2D eigenvalue weighted by Crippen LogP contribution is 2.00. The topological polar surface area (TPSA) is 99.1 Å². The number of rotatable bonds is 3. The van der Waals surface area contributed by atoms with Crippen molar-refractivity contribution in [1.82, 2.24) is 10.2 Å². The molecule has 1 saturated heterocycles. The maximum Gasteiger partial charge on any atom is 0.328 e. The number of aliphatic hydroxyl groups is 1. The number of nitrogens with zero attached hydrogens (tertiary/aromatic N) is 1. The predicted octanol–water partition coefficient (Wildman–Crippen LogP) is -1.14. The fraction of sp³-hybridized carbons (Fsp3) is 0.778. The Balaban J connectivity index is 2.46. The molecule has 16 heavy (non-hydrogen) atoms. The molecule has 0 aromatic rings. The third-order valence-electron chi connectivity index (χ3n) is 2.29. The lowest BCUT2D eigenvalue weighted by Gasteiger charge is -2.22. The number of hydrogen-bond acceptors (Lipinski definition) is 4. The largest absolute Gasteiger partial charge is 0.480 e. The molecular formula is C9H16N2O5. The first-order valence-corrected chi connectivity index (χ1v) is 5.12. The molecule has 3 N–H and O–H groups in total. The van der Waals surface area contributed by atoms with Gasteiger partial charge in [-0.3, -0.25) is 0 Å². The first-order chi connectivity index (χ1) is 7.65. The molecule has 1 aliphatic heterocycles. The van der Waals surface area contributed by atoms with Crippen LogP contribution < -0.4 is 5.32 Å². The minimum atomic E-state index is -1.25. The summed E-state index contributed by atoms with van der Waals surface area (Å²) in [7, 11) is 0. The average molecular weight is 232 g/mol. The van der Waals surface area contributed by atoms with Crippen molar-refractivity contribution in [3.63, 3.8) is 0 Å². The van der Waals surface area contributed by atoms with Crippen molar-refractivity contribution in [3.8, 4) is 0 Å². The Morgan fingerprint density at radius 2 is 2.12 bits per heavy atom. The fourth-order valence-electron chi connectivity index (χ4n) is 1.37. The summed E-state index contributed by atoms with van der Waals surface area (Å²) in [6.45, 7) is 1.40. The van der Waals surface area contributed by atoms with E-state index in [1.54, 1.807) is 0 Å². The predicted molar refractivity (Wildman–Crippen MR) is 54.1 cm³/mol. The van der Waals surface area contributed by atoms with E-state index in [-0.39, 0.29) is 0 Å². The van der Waals surface area contributed by atoms with E-state index < -0.39 is 24.6 Å². The Morgan fingerprint density at radius 1 is 1.38 bits per heavy atom. The standard InChI is InChI=1S/C9H16N2O5/c12-6-7(8(13)14)10-9(15)11-2-1-4-16-5-3-11/h7,12H,1-6H2,(H,10,15)(H,13,14)/t7-/m1/s1. The number of urea groups is 1. The van der Waals surface area contributed by atoms with E-state index >= 15 is 0 Å². The molecule has 1 fully saturated rings. The highest BCUT2D eigenvalue weighted by atomic mass is 16.5. The molecule has 0 spiro atoms. The van der Waals surface area contributed by atoms with E-state index in [4.69, 9.17) is 14.9 Å². The summed E-state index contributed by atoms with van der Waals surface area (Å²) < 4.78 is 5.17. The average Bonchev–Trinajstić information content (AvgIpc) is 2.53. The van der Waals surface area contributed by atoms with Crippen LogP contribution in [0.5, 0.6) is 0 Å². The molecule has 0 aromatic carbocycles. The van der Waals surface area contributed by atoms with E-state index in [1.807, 2.05) is 0 Å². The lowest BCUT2D eigenvalue weighted by molar-refractivity contribution is -0.140. The van der Waals surface area contributed by atoms with Crippen LogP contribution in [0.25, 0.3) is 0 Å². The van der Waals surface area contributed by atoms with Crippen LogP contribution in [0, 0.1) is 0 Å². The van der Waals surface area contributed by atoms with Crippen LogP contribution in [0.4, 0.5) is 4.79 Å². The summed E-state index contributed by atoms with van der Waals surface area (Å²) in [6, 6.07) is -1.73. The number of amides is 2. The third kappa shape index (κ3) is 3.67. The minimum absolute atomic E-state index is 0.434. The monoisotopic (exact) mass is 232 g/mol. The van der Waals surface area contributed by atoms with Gasteiger partial charge in [0, 0.05) is 19.7 Å². The van der Waals surface area contributed by atoms with Crippen molar-refractivity contribution >= 4 is 12.0 Å². The highest BCUT2D eigenvalue weighted by Gasteiger charge is 2.22. The van der Waals surface area contributed by atoms with Gasteiger partial charge in [-0.05, 0) is 6.42 Å². The van der Waals surface area contributed by atoms with Crippen molar-refractivity contribution in [2.75, 3.05) is 32.9 Å². The van der Waals surface area contributed by atoms with Gasteiger partial charge in [-0.1, -0.05) is 0 Å². The second kappa shape index (κ2) is 6.29. The second-order valence-electron chi connectivity index (χ2n) is 3.48. The van der Waals surface area contributed by atoms with Gasteiger partial charge in [-0.2, -0.15) is 0 Å². The van der Waals surface area contributed by atoms with Gasteiger partial charge in [0.05, 0.1) is 13.2 Å². The summed E-state index contributed by atoms with van der Waals surface area (Å²) in [5.74, 6) is -1.25. The van der Waals surface area contributed by atoms with Gasteiger partial charge < -0.3 is 25.2 Å². The van der Waals surface area contributed by atoms with Crippen molar-refractivity contribution < 1.29 is 24.5 Å². The number of aliphatic carboxylic acids is 1. The number of carbonyl (C=O) groups excluding carboxylic acids is 1. The van der Waals surface area contributed by atoms with E-state index in [1.165, 1.54) is 4.90 Å². The number of ether oxygens (including phenoxy) is 1. The quantitative estimate of drug-likeness (QED) is 0.571. The summed E-state index contributed by atoms with van der Waals surface area (Å²) in [6.07, 6.45) is 0.726. The number of hydrogen-bond donors (Lipinski definition) is 3. The second-order valence-corrected chi connectivity index (χ2v) is 3.48. The summed E-state index contributed by atoms with van der Waals surface area (Å²) >= 11 is 0. The molecule has 0 aliphatic carbocycles. The van der Waals surface area contributed by atoms with Crippen LogP contribution in [0.2, 0.25) is 0 Å². The Labute approximate surface area is 93.0 Å². The molecule has 0 unspecified atom stereocenters. The van der Waals surface area contributed by atoms with E-state index in [2.05, 4.69) is 5.32 Å². The molecule has 92 valence electrons. The van der Waals surface area contributed by atoms with Crippen molar-refractivity contribution in [3.05, 3.63) is 0 Å². The van der Waals surface area contributed by atoms with Crippen LogP contribution in [0.1, 0.15) is 6.42 Å². The van der Waals surface area contributed by atoms with Gasteiger partial charge in [0.15, 0.2) is 6.04 Å². The van der Waals surface area contributed by atoms with Crippen LogP contribution in [0.15, 0.2) is 0 Å². The molecule has 7 nitrogen and oxygen atoms in total. The molecule has 1 rings (SSSR count). The third-order valence-corrected chi connectivity index (χ3v) is 2.29. The maximum atomic E-state index is 11.6. The van der Waals surface area contributed by atoms with E-state index in [9.17, 15) is 9.59 Å². The molecular weight excluding hydrogens is 216 g/mol. The molecule has 7 heteroatoms. The molecule has 2 amide bonds. The number of carboxylic acid groups (broad SMARTS) is 1. The van der Waals surface area contributed by atoms with Crippen LogP contribution in [-0.4, -0.2) is 66.1 Å². The number of nitrogens with one attached hydrogen (secondary N) is 1. The zero-order valence-electron chi connectivity index (χ0n) is 8.89. The first kappa shape index (κ1) is 12.7. The van der Waals surface area contributed by atoms with Crippen molar-refractivity contribution in [1.29, 1.82) is 0 Å². The van der Waals surface area contributed by atoms with E-state index in [0.717, 1.165) is 6.42 Å². The Bertz CT molecular complexity index is 250. The fourth-order valence-corrected chi connectivity index (χ4v) is 1.37. The van der Waals surface area contributed by atoms with Crippen LogP contribution in [-0.2, 0) is 9.53 Å². The molecule has 0 aromatic heterocycles. The number of carboxylic acids is 1. The van der Waals surface area contributed by atoms with Crippen molar-refractivity contribution in [2.24, 2.45) is 0 Å². The van der Waals surface area contributed by atoms with Crippen molar-refractivity contribution in [2.45, 2.75) is 12.5 Å². The lowest BCUT2D eigenvalue weighted by atomic mass is 10.3. The van der Waals surface area contributed by atoms with Crippen LogP contribution >= 0.6 is 0 Å². The summed E-state index contributed by atoms with van der Waals surface area (Å²) in [4.78, 5) is 23.7. The number of aliphatic hydroxyl groups excluding tert-OH is 1. The zero-order chi connectivity index (χ0) is 12.0. The normalized spacial score (nSPS) is 18.7. The van der Waals surface area contributed by atoms with Gasteiger partial charge in [0.1, 0.15) is 0 Å².